The van der Waals surface area contributed by atoms with Crippen LogP contribution in [0.2, 0.25) is 0 Å². The zero-order valence-corrected chi connectivity index (χ0v) is 19.9. The van der Waals surface area contributed by atoms with Crippen LogP contribution < -0.4 is 5.32 Å². The monoisotopic (exact) mass is 479 g/mol. The molecule has 1 N–H and O–H groups in total. The van der Waals surface area contributed by atoms with E-state index in [-0.39, 0.29) is 22.9 Å². The fraction of sp³-hybridized carbons (Fsp3) is 0.381. The van der Waals surface area contributed by atoms with Gasteiger partial charge in [-0.15, -0.1) is 16.4 Å². The summed E-state index contributed by atoms with van der Waals surface area (Å²) in [5, 5.41) is 14.1. The number of benzene rings is 1. The van der Waals surface area contributed by atoms with Gasteiger partial charge in [-0.25, -0.2) is 14.4 Å². The molecule has 0 fully saturated rings. The van der Waals surface area contributed by atoms with E-state index in [9.17, 15) is 24.5 Å². The van der Waals surface area contributed by atoms with Crippen LogP contribution in [0.25, 0.3) is 10.4 Å². The van der Waals surface area contributed by atoms with Crippen LogP contribution in [0, 0.1) is 17.0 Å². The molecule has 1 aromatic carbocycles. The average molecular weight is 480 g/mol. The van der Waals surface area contributed by atoms with Gasteiger partial charge in [0.05, 0.1) is 24.1 Å². The number of amides is 2. The molecule has 0 unspecified atom stereocenters. The van der Waals surface area contributed by atoms with Gasteiger partial charge in [-0.2, -0.15) is 0 Å². The summed E-state index contributed by atoms with van der Waals surface area (Å²) in [6.07, 6.45) is -1.90. The molecule has 2 amide bonds. The summed E-state index contributed by atoms with van der Waals surface area (Å²) in [4.78, 5) is 52.9. The second kappa shape index (κ2) is 10.3. The third-order valence-corrected chi connectivity index (χ3v) is 5.31. The second-order valence-electron chi connectivity index (χ2n) is 7.77. The Labute approximate surface area is 194 Å². The number of thiophene rings is 1. The number of carbonyl (C=O) groups is 3. The number of nitro groups is 1. The van der Waals surface area contributed by atoms with Crippen molar-refractivity contribution in [3.8, 4) is 10.4 Å². The van der Waals surface area contributed by atoms with Crippen molar-refractivity contribution in [1.29, 1.82) is 0 Å². The zero-order valence-electron chi connectivity index (χ0n) is 19.1. The smallest absolute Gasteiger partial charge is 0.443 e. The first kappa shape index (κ1) is 25.6. The summed E-state index contributed by atoms with van der Waals surface area (Å²) < 4.78 is 10.2. The highest BCUT2D eigenvalue weighted by Crippen LogP contribution is 2.40. The lowest BCUT2D eigenvalue weighted by atomic mass is 10.1. The van der Waals surface area contributed by atoms with E-state index in [4.69, 9.17) is 14.3 Å². The van der Waals surface area contributed by atoms with Crippen molar-refractivity contribution < 1.29 is 33.6 Å². The third kappa shape index (κ3) is 6.65. The van der Waals surface area contributed by atoms with Crippen LogP contribution in [0.3, 0.4) is 0 Å². The van der Waals surface area contributed by atoms with Gasteiger partial charge in [-0.1, -0.05) is 0 Å². The predicted molar refractivity (Wildman–Crippen MR) is 121 cm³/mol. The molecule has 0 aliphatic carbocycles. The fourth-order valence-electron chi connectivity index (χ4n) is 2.66. The first-order valence-corrected chi connectivity index (χ1v) is 10.7. The van der Waals surface area contributed by atoms with Crippen molar-refractivity contribution >= 4 is 40.2 Å². The van der Waals surface area contributed by atoms with Crippen molar-refractivity contribution in [2.24, 2.45) is 0 Å². The van der Waals surface area contributed by atoms with E-state index in [0.717, 1.165) is 11.3 Å². The molecular formula is C21H25N3O8S. The molecule has 0 atom stereocenters. The number of rotatable bonds is 5. The highest BCUT2D eigenvalue weighted by molar-refractivity contribution is 7.20. The predicted octanol–water partition coefficient (Wildman–Crippen LogP) is 5.14. The molecule has 178 valence electrons. The molecule has 1 heterocycles. The summed E-state index contributed by atoms with van der Waals surface area (Å²) in [5.41, 5.74) is 0.383. The van der Waals surface area contributed by atoms with E-state index in [2.05, 4.69) is 5.32 Å². The van der Waals surface area contributed by atoms with Crippen molar-refractivity contribution in [3.05, 3.63) is 45.5 Å². The van der Waals surface area contributed by atoms with Crippen molar-refractivity contribution in [2.45, 2.75) is 40.2 Å². The van der Waals surface area contributed by atoms with Crippen LogP contribution in [0.4, 0.5) is 20.3 Å². The van der Waals surface area contributed by atoms with Gasteiger partial charge in [0.1, 0.15) is 10.6 Å². The summed E-state index contributed by atoms with van der Waals surface area (Å²) in [5.74, 6) is -0.657. The topological polar surface area (TPSA) is 137 Å². The summed E-state index contributed by atoms with van der Waals surface area (Å²) in [6, 6.07) is 5.78. The molecule has 2 aromatic rings. The number of nitrogens with one attached hydrogen (secondary N) is 1. The highest BCUT2D eigenvalue weighted by Gasteiger charge is 2.27. The van der Waals surface area contributed by atoms with Crippen LogP contribution in [0.15, 0.2) is 24.3 Å². The van der Waals surface area contributed by atoms with Crippen LogP contribution >= 0.6 is 11.3 Å². The maximum absolute atomic E-state index is 12.6. The minimum atomic E-state index is -1.02. The number of nitro benzene ring substituents is 1. The minimum Gasteiger partial charge on any atom is -0.462 e. The highest BCUT2D eigenvalue weighted by atomic mass is 32.1. The van der Waals surface area contributed by atoms with E-state index in [0.29, 0.717) is 21.1 Å². The SMILES string of the molecule is CCOC(=O)c1c(NC(=O)ON(C)C(=O)OC(C)(C)C)sc(-c2ccc([N+](=O)[O-])cc2)c1C. The first-order valence-electron chi connectivity index (χ1n) is 9.85. The Bertz CT molecular complexity index is 1060. The molecule has 0 saturated heterocycles. The summed E-state index contributed by atoms with van der Waals surface area (Å²) in [6.45, 7) is 8.43. The van der Waals surface area contributed by atoms with Crippen LogP contribution in [-0.2, 0) is 14.3 Å². The number of carbonyl (C=O) groups excluding carboxylic acids is 3. The molecule has 0 saturated carbocycles. The van der Waals surface area contributed by atoms with Crippen molar-refractivity contribution in [1.82, 2.24) is 5.06 Å². The molecule has 0 spiro atoms. The van der Waals surface area contributed by atoms with Gasteiger partial charge in [0, 0.05) is 17.0 Å². The molecule has 11 nitrogen and oxygen atoms in total. The Morgan fingerprint density at radius 3 is 2.30 bits per heavy atom. The zero-order chi connectivity index (χ0) is 24.9. The number of hydroxylamine groups is 2. The Kier molecular flexibility index (Phi) is 7.99. The number of esters is 1. The Balaban J connectivity index is 2.32. The van der Waals surface area contributed by atoms with E-state index >= 15 is 0 Å². The number of nitrogens with zero attached hydrogens (tertiary/aromatic N) is 2. The van der Waals surface area contributed by atoms with Crippen LogP contribution in [0.1, 0.15) is 43.6 Å². The Hall–Kier alpha value is -3.67. The van der Waals surface area contributed by atoms with Gasteiger partial charge in [0.15, 0.2) is 0 Å². The van der Waals surface area contributed by atoms with Crippen molar-refractivity contribution in [3.63, 3.8) is 0 Å². The van der Waals surface area contributed by atoms with Crippen molar-refractivity contribution in [2.75, 3.05) is 19.0 Å². The molecule has 0 radical (unpaired) electrons. The number of non-ortho nitro benzene ring substituents is 1. The molecule has 1 aromatic heterocycles. The molecular weight excluding hydrogens is 454 g/mol. The third-order valence-electron chi connectivity index (χ3n) is 4.05. The lowest BCUT2D eigenvalue weighted by molar-refractivity contribution is -0.384. The van der Waals surface area contributed by atoms with Gasteiger partial charge in [0.25, 0.3) is 5.69 Å². The quantitative estimate of drug-likeness (QED) is 0.353. The molecule has 12 heteroatoms. The minimum absolute atomic E-state index is 0.0781. The van der Waals surface area contributed by atoms with E-state index in [1.54, 1.807) is 46.8 Å². The maximum Gasteiger partial charge on any atom is 0.443 e. The van der Waals surface area contributed by atoms with E-state index in [1.807, 2.05) is 0 Å². The van der Waals surface area contributed by atoms with Gasteiger partial charge < -0.3 is 14.3 Å². The van der Waals surface area contributed by atoms with Gasteiger partial charge in [-0.05, 0) is 57.9 Å². The molecule has 0 aliphatic rings. The van der Waals surface area contributed by atoms with E-state index in [1.165, 1.54) is 19.2 Å². The molecule has 2 rings (SSSR count). The van der Waals surface area contributed by atoms with E-state index < -0.39 is 28.7 Å². The van der Waals surface area contributed by atoms with Gasteiger partial charge >= 0.3 is 18.2 Å². The van der Waals surface area contributed by atoms with Gasteiger partial charge in [-0.3, -0.25) is 15.4 Å². The fourth-order valence-corrected chi connectivity index (χ4v) is 3.85. The number of hydrogen-bond acceptors (Lipinski definition) is 9. The van der Waals surface area contributed by atoms with Crippen LogP contribution in [-0.4, -0.2) is 47.4 Å². The summed E-state index contributed by atoms with van der Waals surface area (Å²) >= 11 is 1.06. The summed E-state index contributed by atoms with van der Waals surface area (Å²) in [7, 11) is 1.21. The normalized spacial score (nSPS) is 10.8. The van der Waals surface area contributed by atoms with Gasteiger partial charge in [0.2, 0.25) is 0 Å². The number of ether oxygens (including phenoxy) is 2. The second-order valence-corrected chi connectivity index (χ2v) is 8.79. The first-order chi connectivity index (χ1) is 15.3. The lowest BCUT2D eigenvalue weighted by Crippen LogP contribution is -2.36. The molecule has 0 bridgehead atoms. The standard InChI is InChI=1S/C21H25N3O8S/c1-7-30-18(25)15-12(2)16(13-8-10-14(11-9-13)24(28)29)33-17(15)22-19(26)32-23(6)20(27)31-21(3,4)5/h8-11H,7H2,1-6H3,(H,22,26). The Morgan fingerprint density at radius 2 is 1.79 bits per heavy atom. The molecule has 33 heavy (non-hydrogen) atoms. The molecule has 0 aliphatic heterocycles. The number of anilines is 1. The van der Waals surface area contributed by atoms with Crippen LogP contribution in [0.5, 0.6) is 0 Å². The largest absolute Gasteiger partial charge is 0.462 e. The Morgan fingerprint density at radius 1 is 1.18 bits per heavy atom. The lowest BCUT2D eigenvalue weighted by Gasteiger charge is -2.23. The average Bonchev–Trinajstić information content (AvgIpc) is 3.02. The maximum atomic E-state index is 12.6. The number of hydrogen-bond donors (Lipinski definition) is 1.